The van der Waals surface area contributed by atoms with E-state index in [1.807, 2.05) is 0 Å². The van der Waals surface area contributed by atoms with Gasteiger partial charge in [-0.25, -0.2) is 0 Å². The van der Waals surface area contributed by atoms with Crippen molar-refractivity contribution >= 4 is 27.5 Å². The molecule has 10 rings (SSSR count). The third kappa shape index (κ3) is 2.38. The van der Waals surface area contributed by atoms with Crippen molar-refractivity contribution in [3.8, 4) is 22.5 Å². The molecular formula is C38H30N2O+2. The van der Waals surface area contributed by atoms with Gasteiger partial charge in [0.05, 0.1) is 11.1 Å². The first-order valence-electron chi connectivity index (χ1n) is 14.8. The van der Waals surface area contributed by atoms with Crippen LogP contribution in [-0.4, -0.2) is 0 Å². The van der Waals surface area contributed by atoms with Gasteiger partial charge in [0.2, 0.25) is 17.4 Å². The van der Waals surface area contributed by atoms with Crippen LogP contribution in [0.4, 0.5) is 0 Å². The van der Waals surface area contributed by atoms with E-state index in [2.05, 4.69) is 122 Å². The summed E-state index contributed by atoms with van der Waals surface area (Å²) in [6.07, 6.45) is 5.72. The summed E-state index contributed by atoms with van der Waals surface area (Å²) < 4.78 is 12.2. The maximum Gasteiger partial charge on any atom is 0.269 e. The number of rotatable bonds is 0. The number of pyridine rings is 2. The molecule has 0 N–H and O–H groups in total. The number of fused-ring (bicyclic) bond motifs is 19. The van der Waals surface area contributed by atoms with E-state index in [1.165, 1.54) is 77.8 Å². The minimum absolute atomic E-state index is 0.196. The Bertz CT molecular complexity index is 2200. The van der Waals surface area contributed by atoms with Crippen molar-refractivity contribution in [3.63, 3.8) is 0 Å². The number of aromatic nitrogens is 2. The van der Waals surface area contributed by atoms with Gasteiger partial charge in [-0.15, -0.1) is 0 Å². The lowest BCUT2D eigenvalue weighted by molar-refractivity contribution is -0.772. The molecule has 2 aliphatic carbocycles. The number of hydrogen-bond acceptors (Lipinski definition) is 1. The van der Waals surface area contributed by atoms with Gasteiger partial charge < -0.3 is 4.42 Å². The van der Waals surface area contributed by atoms with Crippen molar-refractivity contribution in [1.29, 1.82) is 0 Å². The first-order chi connectivity index (χ1) is 20.0. The van der Waals surface area contributed by atoms with E-state index in [0.717, 1.165) is 17.6 Å². The quantitative estimate of drug-likeness (QED) is 0.183. The van der Waals surface area contributed by atoms with Crippen LogP contribution in [0.2, 0.25) is 0 Å². The SMILES string of the molecule is CC1=C(C)c2c(ccc3c2oc2c4c(ccc23)C2(C3c5ccccc5-c5cccc[n+]5C32)[n+]2cc(C)c(C)cc2-4)C1. The van der Waals surface area contributed by atoms with Crippen LogP contribution in [-0.2, 0) is 12.0 Å². The molecule has 41 heavy (non-hydrogen) atoms. The summed E-state index contributed by atoms with van der Waals surface area (Å²) in [6, 6.07) is 27.8. The lowest BCUT2D eigenvalue weighted by Gasteiger charge is -2.11. The van der Waals surface area contributed by atoms with Gasteiger partial charge in [-0.05, 0) is 74.6 Å². The second-order valence-electron chi connectivity index (χ2n) is 12.7. The predicted octanol–water partition coefficient (Wildman–Crippen LogP) is 7.87. The number of furan rings is 1. The Balaban J connectivity index is 1.34. The fraction of sp³-hybridized carbons (Fsp3) is 0.211. The minimum atomic E-state index is -0.196. The van der Waals surface area contributed by atoms with Crippen LogP contribution in [0.25, 0.3) is 50.0 Å². The van der Waals surface area contributed by atoms with Gasteiger partial charge in [-0.1, -0.05) is 42.0 Å². The van der Waals surface area contributed by atoms with Crippen molar-refractivity contribution in [2.45, 2.75) is 51.6 Å². The maximum absolute atomic E-state index is 7.04. The Kier molecular flexibility index (Phi) is 3.81. The highest BCUT2D eigenvalue weighted by Gasteiger charge is 2.86. The highest BCUT2D eigenvalue weighted by atomic mass is 16.3. The molecule has 196 valence electrons. The Morgan fingerprint density at radius 1 is 0.780 bits per heavy atom. The molecule has 3 nitrogen and oxygen atoms in total. The average Bonchev–Trinajstić information content (AvgIpc) is 3.25. The molecule has 1 saturated carbocycles. The average molecular weight is 531 g/mol. The molecule has 3 aromatic heterocycles. The van der Waals surface area contributed by atoms with Crippen molar-refractivity contribution < 1.29 is 13.6 Å². The summed E-state index contributed by atoms with van der Waals surface area (Å²) in [4.78, 5) is 0. The zero-order valence-electron chi connectivity index (χ0n) is 23.7. The monoisotopic (exact) mass is 530 g/mol. The summed E-state index contributed by atoms with van der Waals surface area (Å²) >= 11 is 0. The van der Waals surface area contributed by atoms with E-state index < -0.39 is 0 Å². The molecule has 2 aliphatic heterocycles. The van der Waals surface area contributed by atoms with Gasteiger partial charge in [0.1, 0.15) is 17.1 Å². The molecule has 0 radical (unpaired) electrons. The van der Waals surface area contributed by atoms with E-state index in [1.54, 1.807) is 0 Å². The second-order valence-corrected chi connectivity index (χ2v) is 12.7. The van der Waals surface area contributed by atoms with Crippen LogP contribution in [0, 0.1) is 13.8 Å². The molecular weight excluding hydrogens is 500 g/mol. The Labute approximate surface area is 239 Å². The molecule has 6 aromatic rings. The summed E-state index contributed by atoms with van der Waals surface area (Å²) in [5.41, 5.74) is 18.1. The smallest absolute Gasteiger partial charge is 0.269 e. The van der Waals surface area contributed by atoms with E-state index in [0.29, 0.717) is 12.0 Å². The molecule has 0 bridgehead atoms. The van der Waals surface area contributed by atoms with E-state index in [-0.39, 0.29) is 5.54 Å². The highest BCUT2D eigenvalue weighted by molar-refractivity contribution is 6.13. The van der Waals surface area contributed by atoms with Gasteiger partial charge in [-0.3, -0.25) is 0 Å². The molecule has 3 atom stereocenters. The van der Waals surface area contributed by atoms with Gasteiger partial charge in [0.15, 0.2) is 12.4 Å². The van der Waals surface area contributed by atoms with Crippen molar-refractivity contribution in [1.82, 2.24) is 0 Å². The van der Waals surface area contributed by atoms with Crippen LogP contribution < -0.4 is 9.13 Å². The fourth-order valence-corrected chi connectivity index (χ4v) is 8.79. The predicted molar refractivity (Wildman–Crippen MR) is 162 cm³/mol. The van der Waals surface area contributed by atoms with Crippen LogP contribution in [0.5, 0.6) is 0 Å². The topological polar surface area (TPSA) is 20.9 Å². The molecule has 1 fully saturated rings. The third-order valence-electron chi connectivity index (χ3n) is 10.9. The molecule has 5 heterocycles. The van der Waals surface area contributed by atoms with Gasteiger partial charge in [0, 0.05) is 45.7 Å². The maximum atomic E-state index is 7.04. The van der Waals surface area contributed by atoms with Crippen molar-refractivity contribution in [2.75, 3.05) is 0 Å². The summed E-state index contributed by atoms with van der Waals surface area (Å²) in [5, 5.41) is 2.45. The third-order valence-corrected chi connectivity index (χ3v) is 10.9. The second kappa shape index (κ2) is 7.03. The molecule has 1 spiro atoms. The Hall–Kier alpha value is -4.50. The van der Waals surface area contributed by atoms with Crippen molar-refractivity contribution in [2.24, 2.45) is 0 Å². The van der Waals surface area contributed by atoms with Crippen molar-refractivity contribution in [3.05, 3.63) is 124 Å². The Morgan fingerprint density at radius 3 is 2.44 bits per heavy atom. The standard InChI is InChI=1S/C38H30N2O/c1-20-18-31-33-29(15-14-28-27-13-12-24-17-21(2)23(4)32(24)35(27)41-36(28)33)38(40(31)19-22(20)3)34-26-10-6-5-9-25(26)30-11-7-8-16-39(30)37(34)38/h5-16,18-19,34,37H,17H2,1-4H3/q+2. The van der Waals surface area contributed by atoms with Gasteiger partial charge in [0.25, 0.3) is 5.54 Å². The fourth-order valence-electron chi connectivity index (χ4n) is 8.79. The van der Waals surface area contributed by atoms with Crippen LogP contribution in [0.1, 0.15) is 59.2 Å². The number of aryl methyl sites for hydroxylation is 2. The lowest BCUT2D eigenvalue weighted by Crippen LogP contribution is -2.51. The van der Waals surface area contributed by atoms with Gasteiger partial charge in [-0.2, -0.15) is 9.13 Å². The largest absolute Gasteiger partial charge is 0.454 e. The van der Waals surface area contributed by atoms with Crippen LogP contribution >= 0.6 is 0 Å². The van der Waals surface area contributed by atoms with Crippen LogP contribution in [0.3, 0.4) is 0 Å². The lowest BCUT2D eigenvalue weighted by atomic mass is 9.92. The number of hydrogen-bond donors (Lipinski definition) is 0. The van der Waals surface area contributed by atoms with Crippen LogP contribution in [0.15, 0.2) is 95.2 Å². The molecule has 0 saturated heterocycles. The highest BCUT2D eigenvalue weighted by Crippen LogP contribution is 2.71. The number of nitrogens with zero attached hydrogens (tertiary/aromatic N) is 2. The zero-order chi connectivity index (χ0) is 27.4. The van der Waals surface area contributed by atoms with E-state index in [4.69, 9.17) is 4.42 Å². The first kappa shape index (κ1) is 22.2. The van der Waals surface area contributed by atoms with E-state index >= 15 is 0 Å². The summed E-state index contributed by atoms with van der Waals surface area (Å²) in [5.74, 6) is 0.351. The molecule has 4 aliphatic rings. The normalized spacial score (nSPS) is 22.5. The summed E-state index contributed by atoms with van der Waals surface area (Å²) in [6.45, 7) is 9.00. The zero-order valence-corrected chi connectivity index (χ0v) is 23.7. The molecule has 3 heteroatoms. The first-order valence-corrected chi connectivity index (χ1v) is 14.8. The summed E-state index contributed by atoms with van der Waals surface area (Å²) in [7, 11) is 0. The van der Waals surface area contributed by atoms with E-state index in [9.17, 15) is 0 Å². The number of allylic oxidation sites excluding steroid dienone is 2. The molecule has 0 amide bonds. The molecule has 3 unspecified atom stereocenters. The molecule has 3 aromatic carbocycles. The minimum Gasteiger partial charge on any atom is -0.454 e. The van der Waals surface area contributed by atoms with Gasteiger partial charge >= 0.3 is 0 Å². The number of benzene rings is 3. The Morgan fingerprint density at radius 2 is 1.56 bits per heavy atom.